The van der Waals surface area contributed by atoms with Crippen molar-refractivity contribution in [3.8, 4) is 0 Å². The number of benzene rings is 1. The standard InChI is InChI=1S/C14H20N2O3S/c1-6-15-20(18,19)10-7-9(2)12-11(8-10)14(3,4)13(17)16(12)5/h7-8,15H,6H2,1-5H3. The van der Waals surface area contributed by atoms with Crippen molar-refractivity contribution in [2.75, 3.05) is 18.5 Å². The van der Waals surface area contributed by atoms with Crippen molar-refractivity contribution in [3.05, 3.63) is 23.3 Å². The highest BCUT2D eigenvalue weighted by atomic mass is 32.2. The Balaban J connectivity index is 2.70. The quantitative estimate of drug-likeness (QED) is 0.920. The van der Waals surface area contributed by atoms with Crippen LogP contribution < -0.4 is 9.62 Å². The van der Waals surface area contributed by atoms with Gasteiger partial charge in [-0.2, -0.15) is 0 Å². The second kappa shape index (κ2) is 4.56. The molecular formula is C14H20N2O3S. The van der Waals surface area contributed by atoms with Gasteiger partial charge in [-0.25, -0.2) is 13.1 Å². The largest absolute Gasteiger partial charge is 0.314 e. The van der Waals surface area contributed by atoms with E-state index in [9.17, 15) is 13.2 Å². The predicted octanol–water partition coefficient (Wildman–Crippen LogP) is 1.55. The maximum absolute atomic E-state index is 12.3. The predicted molar refractivity (Wildman–Crippen MR) is 78.5 cm³/mol. The van der Waals surface area contributed by atoms with E-state index in [4.69, 9.17) is 0 Å². The van der Waals surface area contributed by atoms with Crippen LogP contribution in [0, 0.1) is 6.92 Å². The number of hydrogen-bond donors (Lipinski definition) is 1. The number of anilines is 1. The number of fused-ring (bicyclic) bond motifs is 1. The molecular weight excluding hydrogens is 276 g/mol. The normalized spacial score (nSPS) is 17.4. The lowest BCUT2D eigenvalue weighted by molar-refractivity contribution is -0.121. The molecule has 5 nitrogen and oxygen atoms in total. The zero-order valence-electron chi connectivity index (χ0n) is 12.4. The zero-order chi connectivity index (χ0) is 15.3. The number of hydrogen-bond acceptors (Lipinski definition) is 3. The molecule has 0 bridgehead atoms. The lowest BCUT2D eigenvalue weighted by atomic mass is 9.85. The molecule has 1 aliphatic heterocycles. The average molecular weight is 296 g/mol. The summed E-state index contributed by atoms with van der Waals surface area (Å²) in [5.41, 5.74) is 1.67. The van der Waals surface area contributed by atoms with Gasteiger partial charge in [0.05, 0.1) is 16.0 Å². The molecule has 0 fully saturated rings. The third-order valence-corrected chi connectivity index (χ3v) is 5.29. The molecule has 0 saturated carbocycles. The molecule has 1 aromatic rings. The minimum absolute atomic E-state index is 0.0198. The first-order valence-electron chi connectivity index (χ1n) is 6.56. The number of amides is 1. The Morgan fingerprint density at radius 1 is 1.30 bits per heavy atom. The lowest BCUT2D eigenvalue weighted by Gasteiger charge is -2.17. The molecule has 1 aliphatic rings. The SMILES string of the molecule is CCNS(=O)(=O)c1cc(C)c2c(c1)C(C)(C)C(=O)N2C. The summed E-state index contributed by atoms with van der Waals surface area (Å²) in [6.07, 6.45) is 0. The number of rotatable bonds is 3. The van der Waals surface area contributed by atoms with Gasteiger partial charge in [0.15, 0.2) is 0 Å². The molecule has 1 aromatic carbocycles. The van der Waals surface area contributed by atoms with Crippen molar-refractivity contribution in [2.45, 2.75) is 38.0 Å². The van der Waals surface area contributed by atoms with E-state index in [1.54, 1.807) is 31.0 Å². The number of nitrogens with zero attached hydrogens (tertiary/aromatic N) is 1. The van der Waals surface area contributed by atoms with E-state index in [2.05, 4.69) is 4.72 Å². The number of likely N-dealkylation sites (N-methyl/N-ethyl adjacent to an activating group) is 1. The summed E-state index contributed by atoms with van der Waals surface area (Å²) < 4.78 is 26.8. The smallest absolute Gasteiger partial charge is 0.240 e. The summed E-state index contributed by atoms with van der Waals surface area (Å²) >= 11 is 0. The number of carbonyl (C=O) groups excluding carboxylic acids is 1. The molecule has 6 heteroatoms. The van der Waals surface area contributed by atoms with Crippen LogP contribution in [0.4, 0.5) is 5.69 Å². The van der Waals surface area contributed by atoms with Crippen LogP contribution in [0.1, 0.15) is 31.9 Å². The molecule has 0 spiro atoms. The van der Waals surface area contributed by atoms with Crippen LogP contribution in [0.2, 0.25) is 0 Å². The van der Waals surface area contributed by atoms with Gasteiger partial charge in [0.1, 0.15) is 0 Å². The molecule has 2 rings (SSSR count). The highest BCUT2D eigenvalue weighted by Gasteiger charge is 2.43. The molecule has 0 aromatic heterocycles. The van der Waals surface area contributed by atoms with Gasteiger partial charge >= 0.3 is 0 Å². The maximum Gasteiger partial charge on any atom is 0.240 e. The number of sulfonamides is 1. The van der Waals surface area contributed by atoms with Crippen molar-refractivity contribution in [1.82, 2.24) is 4.72 Å². The monoisotopic (exact) mass is 296 g/mol. The van der Waals surface area contributed by atoms with E-state index in [0.717, 1.165) is 16.8 Å². The molecule has 20 heavy (non-hydrogen) atoms. The van der Waals surface area contributed by atoms with Crippen molar-refractivity contribution in [2.24, 2.45) is 0 Å². The summed E-state index contributed by atoms with van der Waals surface area (Å²) in [4.78, 5) is 14.1. The van der Waals surface area contributed by atoms with Crippen LogP contribution in [-0.2, 0) is 20.2 Å². The van der Waals surface area contributed by atoms with E-state index >= 15 is 0 Å². The molecule has 110 valence electrons. The van der Waals surface area contributed by atoms with Gasteiger partial charge < -0.3 is 4.90 Å². The topological polar surface area (TPSA) is 66.5 Å². The summed E-state index contributed by atoms with van der Waals surface area (Å²) in [6.45, 7) is 7.54. The number of aryl methyl sites for hydroxylation is 1. The Kier molecular flexibility index (Phi) is 3.42. The molecule has 0 saturated heterocycles. The molecule has 0 radical (unpaired) electrons. The van der Waals surface area contributed by atoms with E-state index in [0.29, 0.717) is 6.54 Å². The molecule has 1 amide bonds. The summed E-state index contributed by atoms with van der Waals surface area (Å²) in [7, 11) is -1.80. The van der Waals surface area contributed by atoms with E-state index in [1.165, 1.54) is 0 Å². The maximum atomic E-state index is 12.3. The van der Waals surface area contributed by atoms with Gasteiger partial charge in [-0.3, -0.25) is 4.79 Å². The van der Waals surface area contributed by atoms with Crippen LogP contribution in [0.25, 0.3) is 0 Å². The fourth-order valence-corrected chi connectivity index (χ4v) is 3.88. The molecule has 0 atom stereocenters. The second-order valence-corrected chi connectivity index (χ2v) is 7.39. The fourth-order valence-electron chi connectivity index (χ4n) is 2.73. The molecule has 1 N–H and O–H groups in total. The van der Waals surface area contributed by atoms with Crippen LogP contribution in [0.15, 0.2) is 17.0 Å². The van der Waals surface area contributed by atoms with E-state index in [-0.39, 0.29) is 10.8 Å². The van der Waals surface area contributed by atoms with Gasteiger partial charge in [-0.15, -0.1) is 0 Å². The minimum atomic E-state index is -3.52. The van der Waals surface area contributed by atoms with E-state index in [1.807, 2.05) is 20.8 Å². The third kappa shape index (κ3) is 2.03. The molecule has 0 aliphatic carbocycles. The Morgan fingerprint density at radius 3 is 2.45 bits per heavy atom. The number of nitrogens with one attached hydrogen (secondary N) is 1. The first kappa shape index (κ1) is 15.0. The van der Waals surface area contributed by atoms with Gasteiger partial charge in [0.2, 0.25) is 15.9 Å². The summed E-state index contributed by atoms with van der Waals surface area (Å²) in [5.74, 6) is -0.0198. The van der Waals surface area contributed by atoms with Crippen LogP contribution in [0.5, 0.6) is 0 Å². The van der Waals surface area contributed by atoms with Gasteiger partial charge in [-0.05, 0) is 44.0 Å². The van der Waals surface area contributed by atoms with Gasteiger partial charge in [0.25, 0.3) is 0 Å². The molecule has 1 heterocycles. The van der Waals surface area contributed by atoms with E-state index < -0.39 is 15.4 Å². The van der Waals surface area contributed by atoms with Gasteiger partial charge in [-0.1, -0.05) is 6.92 Å². The van der Waals surface area contributed by atoms with Crippen LogP contribution in [-0.4, -0.2) is 27.9 Å². The molecule has 0 unspecified atom stereocenters. The highest BCUT2D eigenvalue weighted by Crippen LogP contribution is 2.43. The van der Waals surface area contributed by atoms with Crippen molar-refractivity contribution < 1.29 is 13.2 Å². The Bertz CT molecular complexity index is 678. The van der Waals surface area contributed by atoms with Crippen molar-refractivity contribution in [1.29, 1.82) is 0 Å². The van der Waals surface area contributed by atoms with Crippen molar-refractivity contribution >= 4 is 21.6 Å². The third-order valence-electron chi connectivity index (χ3n) is 3.77. The van der Waals surface area contributed by atoms with Gasteiger partial charge in [0, 0.05) is 13.6 Å². The van der Waals surface area contributed by atoms with Crippen LogP contribution >= 0.6 is 0 Å². The zero-order valence-corrected chi connectivity index (χ0v) is 13.3. The second-order valence-electron chi connectivity index (χ2n) is 5.63. The Labute approximate surface area is 120 Å². The minimum Gasteiger partial charge on any atom is -0.314 e. The first-order chi connectivity index (χ1) is 9.13. The summed E-state index contributed by atoms with van der Waals surface area (Å²) in [6, 6.07) is 3.23. The first-order valence-corrected chi connectivity index (χ1v) is 8.04. The summed E-state index contributed by atoms with van der Waals surface area (Å²) in [5, 5.41) is 0. The van der Waals surface area contributed by atoms with Crippen molar-refractivity contribution in [3.63, 3.8) is 0 Å². The van der Waals surface area contributed by atoms with Crippen LogP contribution in [0.3, 0.4) is 0 Å². The highest BCUT2D eigenvalue weighted by molar-refractivity contribution is 7.89. The average Bonchev–Trinajstić information content (AvgIpc) is 2.51. The Morgan fingerprint density at radius 2 is 1.90 bits per heavy atom. The fraction of sp³-hybridized carbons (Fsp3) is 0.500. The number of carbonyl (C=O) groups is 1. The lowest BCUT2D eigenvalue weighted by Crippen LogP contribution is -2.33. The Hall–Kier alpha value is -1.40.